The summed E-state index contributed by atoms with van der Waals surface area (Å²) in [6.07, 6.45) is 14.1. The number of nitriles is 1. The fourth-order valence-electron chi connectivity index (χ4n) is 8.92. The van der Waals surface area contributed by atoms with Crippen molar-refractivity contribution in [1.29, 1.82) is 5.26 Å². The van der Waals surface area contributed by atoms with E-state index in [1.165, 1.54) is 17.6 Å². The van der Waals surface area contributed by atoms with Crippen molar-refractivity contribution in [2.45, 2.75) is 103 Å². The van der Waals surface area contributed by atoms with Crippen LogP contribution in [0.4, 0.5) is 0 Å². The minimum atomic E-state index is -0.833. The molecule has 56 heavy (non-hydrogen) atoms. The lowest BCUT2D eigenvalue weighted by Crippen LogP contribution is -2.48. The van der Waals surface area contributed by atoms with E-state index < -0.39 is 5.41 Å². The Morgan fingerprint density at radius 1 is 1.12 bits per heavy atom. The van der Waals surface area contributed by atoms with Crippen LogP contribution in [0, 0.1) is 30.1 Å². The Labute approximate surface area is 331 Å². The van der Waals surface area contributed by atoms with E-state index in [2.05, 4.69) is 125 Å². The number of rotatable bonds is 13. The van der Waals surface area contributed by atoms with Crippen molar-refractivity contribution in [2.24, 2.45) is 11.8 Å². The van der Waals surface area contributed by atoms with Crippen molar-refractivity contribution >= 4 is 11.8 Å². The number of tetrazole rings is 1. The predicted molar refractivity (Wildman–Crippen MR) is 219 cm³/mol. The van der Waals surface area contributed by atoms with Gasteiger partial charge in [0.1, 0.15) is 6.04 Å². The molecule has 4 unspecified atom stereocenters. The number of aromatic nitrogens is 4. The molecule has 11 heteroatoms. The number of amides is 2. The van der Waals surface area contributed by atoms with E-state index in [0.29, 0.717) is 42.6 Å². The number of hydrogen-bond donors (Lipinski definition) is 4. The number of aromatic amines is 1. The number of nitrogens with one attached hydrogen (secondary N) is 4. The Hall–Kier alpha value is -5.34. The van der Waals surface area contributed by atoms with Gasteiger partial charge in [0.25, 0.3) is 5.91 Å². The van der Waals surface area contributed by atoms with Crippen molar-refractivity contribution < 1.29 is 9.59 Å². The van der Waals surface area contributed by atoms with Gasteiger partial charge in [0.2, 0.25) is 5.91 Å². The summed E-state index contributed by atoms with van der Waals surface area (Å²) in [6, 6.07) is 16.5. The van der Waals surface area contributed by atoms with Crippen molar-refractivity contribution in [3.05, 3.63) is 124 Å². The van der Waals surface area contributed by atoms with Gasteiger partial charge < -0.3 is 20.9 Å². The summed E-state index contributed by atoms with van der Waals surface area (Å²) < 4.78 is 0. The number of nitrogens with zero attached hydrogens (tertiary/aromatic N) is 5. The second-order valence-electron chi connectivity index (χ2n) is 15.8. The van der Waals surface area contributed by atoms with Gasteiger partial charge in [-0.2, -0.15) is 10.5 Å². The molecule has 2 heterocycles. The zero-order chi connectivity index (χ0) is 39.8. The Morgan fingerprint density at radius 3 is 2.61 bits per heavy atom. The third-order valence-electron chi connectivity index (χ3n) is 11.8. The molecule has 0 radical (unpaired) electrons. The molecule has 2 fully saturated rings. The van der Waals surface area contributed by atoms with E-state index in [0.717, 1.165) is 60.2 Å². The number of H-pyrrole nitrogens is 1. The van der Waals surface area contributed by atoms with Gasteiger partial charge in [0.15, 0.2) is 5.82 Å². The SMILES string of the molecule is C=C(C)NCCC.CCNC(=O)c1ccc2c(c1)CCC1=C(C=CC=CC1)C2(C[C@@H](Cc1ccc(C)cc1)NCC(=O)N1C(C#N)CC2C1[C@H]2C)c1nn[nH]n1. The van der Waals surface area contributed by atoms with Crippen LogP contribution in [0.1, 0.15) is 98.2 Å². The Kier molecular flexibility index (Phi) is 13.0. The summed E-state index contributed by atoms with van der Waals surface area (Å²) in [5, 5.41) is 35.8. The lowest BCUT2D eigenvalue weighted by molar-refractivity contribution is -0.131. The van der Waals surface area contributed by atoms with E-state index in [9.17, 15) is 14.9 Å². The molecular formula is C45H57N9O2. The summed E-state index contributed by atoms with van der Waals surface area (Å²) in [5.74, 6) is 1.29. The topological polar surface area (TPSA) is 152 Å². The summed E-state index contributed by atoms with van der Waals surface area (Å²) >= 11 is 0. The maximum atomic E-state index is 13.9. The maximum absolute atomic E-state index is 13.9. The number of benzene rings is 2. The number of carbonyl (C=O) groups excluding carboxylic acids is 2. The highest BCUT2D eigenvalue weighted by molar-refractivity contribution is 5.94. The number of hydrogen-bond acceptors (Lipinski definition) is 8. The molecule has 0 bridgehead atoms. The lowest BCUT2D eigenvalue weighted by atomic mass is 9.66. The zero-order valence-corrected chi connectivity index (χ0v) is 33.6. The van der Waals surface area contributed by atoms with Crippen LogP contribution in [0.2, 0.25) is 0 Å². The van der Waals surface area contributed by atoms with Crippen LogP contribution in [-0.4, -0.2) is 75.1 Å². The average molecular weight is 756 g/mol. The number of carbonyl (C=O) groups is 2. The third-order valence-corrected chi connectivity index (χ3v) is 11.8. The van der Waals surface area contributed by atoms with Crippen LogP contribution in [-0.2, 0) is 23.1 Å². The molecule has 6 atom stereocenters. The Morgan fingerprint density at radius 2 is 1.93 bits per heavy atom. The second-order valence-corrected chi connectivity index (χ2v) is 15.8. The third kappa shape index (κ3) is 8.71. The summed E-state index contributed by atoms with van der Waals surface area (Å²) in [6.45, 7) is 15.7. The normalized spacial score (nSPS) is 23.6. The molecular weight excluding hydrogens is 699 g/mol. The molecule has 3 aromatic rings. The largest absolute Gasteiger partial charge is 0.389 e. The van der Waals surface area contributed by atoms with Crippen molar-refractivity contribution in [2.75, 3.05) is 19.6 Å². The van der Waals surface area contributed by atoms with Crippen molar-refractivity contribution in [3.8, 4) is 6.07 Å². The van der Waals surface area contributed by atoms with Crippen molar-refractivity contribution in [1.82, 2.24) is 41.5 Å². The van der Waals surface area contributed by atoms with Gasteiger partial charge in [-0.15, -0.1) is 10.2 Å². The van der Waals surface area contributed by atoms with Gasteiger partial charge in [-0.1, -0.05) is 91.4 Å². The van der Waals surface area contributed by atoms with Crippen LogP contribution in [0.3, 0.4) is 0 Å². The molecule has 1 aliphatic heterocycles. The minimum absolute atomic E-state index is 0.0303. The highest BCUT2D eigenvalue weighted by atomic mass is 16.2. The molecule has 294 valence electrons. The Bertz CT molecular complexity index is 2010. The van der Waals surface area contributed by atoms with Gasteiger partial charge in [0.05, 0.1) is 18.0 Å². The number of fused-ring (bicyclic) bond motifs is 2. The Balaban J connectivity index is 0.000000695. The average Bonchev–Trinajstić information content (AvgIpc) is 3.46. The summed E-state index contributed by atoms with van der Waals surface area (Å²) in [7, 11) is 0. The van der Waals surface area contributed by atoms with Crippen LogP contribution >= 0.6 is 0 Å². The van der Waals surface area contributed by atoms with Gasteiger partial charge in [-0.25, -0.2) is 0 Å². The van der Waals surface area contributed by atoms with E-state index in [1.54, 1.807) is 0 Å². The first-order valence-corrected chi connectivity index (χ1v) is 20.2. The van der Waals surface area contributed by atoms with E-state index >= 15 is 0 Å². The molecule has 7 rings (SSSR count). The highest BCUT2D eigenvalue weighted by Gasteiger charge is 2.60. The first-order chi connectivity index (χ1) is 27.1. The van der Waals surface area contributed by atoms with E-state index in [4.69, 9.17) is 0 Å². The molecule has 1 saturated carbocycles. The smallest absolute Gasteiger partial charge is 0.251 e. The van der Waals surface area contributed by atoms with Gasteiger partial charge >= 0.3 is 0 Å². The van der Waals surface area contributed by atoms with Crippen LogP contribution in [0.25, 0.3) is 0 Å². The maximum Gasteiger partial charge on any atom is 0.251 e. The molecule has 11 nitrogen and oxygen atoms in total. The monoisotopic (exact) mass is 755 g/mol. The number of aryl methyl sites for hydroxylation is 2. The molecule has 3 aliphatic carbocycles. The highest BCUT2D eigenvalue weighted by Crippen LogP contribution is 2.53. The number of piperidine rings is 1. The molecule has 2 amide bonds. The summed E-state index contributed by atoms with van der Waals surface area (Å²) in [5.41, 5.74) is 7.72. The molecule has 1 saturated heterocycles. The van der Waals surface area contributed by atoms with Crippen LogP contribution in [0.5, 0.6) is 0 Å². The number of likely N-dealkylation sites (tertiary alicyclic amines) is 1. The first kappa shape index (κ1) is 40.3. The molecule has 1 aromatic heterocycles. The van der Waals surface area contributed by atoms with E-state index in [1.807, 2.05) is 30.9 Å². The predicted octanol–water partition coefficient (Wildman–Crippen LogP) is 6.17. The molecule has 4 aliphatic rings. The fourth-order valence-corrected chi connectivity index (χ4v) is 8.92. The zero-order valence-electron chi connectivity index (χ0n) is 33.6. The molecule has 2 aromatic carbocycles. The van der Waals surface area contributed by atoms with Gasteiger partial charge in [-0.3, -0.25) is 9.59 Å². The molecule has 4 N–H and O–H groups in total. The van der Waals surface area contributed by atoms with Gasteiger partial charge in [0, 0.05) is 36.4 Å². The number of allylic oxidation sites excluding steroid dienone is 7. The quantitative estimate of drug-likeness (QED) is 0.162. The first-order valence-electron chi connectivity index (χ1n) is 20.2. The molecule has 0 spiro atoms. The van der Waals surface area contributed by atoms with E-state index in [-0.39, 0.29) is 36.5 Å². The fraction of sp³-hybridized carbons (Fsp3) is 0.467. The minimum Gasteiger partial charge on any atom is -0.389 e. The second kappa shape index (κ2) is 18.1. The standard InChI is InChI=1S/C39H44N8O2.C6H13N/c1-4-41-37(49)29-16-17-34-28(19-29)15-14-27-8-6-5-7-9-33(27)39(34,38-43-45-46-44-38)21-30(18-26-12-10-24(2)11-13-26)42-23-35(48)47-31(22-40)20-32-25(3)36(32)47;1-4-5-7-6(2)3/h5-7,9-13,16-17,19,25,30-32,36,42H,4,8,14-15,18,20-21,23H2,1-3H3,(H,41,49)(H,43,44,45,46);7H,2,4-5H2,1,3H3/t25-,30+,31?,32?,36?,39?;/m0./s1. The van der Waals surface area contributed by atoms with Crippen LogP contribution < -0.4 is 16.0 Å². The van der Waals surface area contributed by atoms with Crippen molar-refractivity contribution in [3.63, 3.8) is 0 Å². The summed E-state index contributed by atoms with van der Waals surface area (Å²) in [4.78, 5) is 28.7. The van der Waals surface area contributed by atoms with Gasteiger partial charge in [-0.05, 0) is 112 Å². The van der Waals surface area contributed by atoms with Crippen LogP contribution in [0.15, 0.2) is 90.2 Å². The lowest BCUT2D eigenvalue weighted by Gasteiger charge is -2.38.